The summed E-state index contributed by atoms with van der Waals surface area (Å²) < 4.78 is 19.4. The molecule has 0 aliphatic carbocycles. The average molecular weight is 371 g/mol. The zero-order chi connectivity index (χ0) is 19.4. The molecule has 3 rings (SSSR count). The van der Waals surface area contributed by atoms with Gasteiger partial charge in [-0.3, -0.25) is 4.79 Å². The third-order valence-corrected chi connectivity index (χ3v) is 4.65. The number of hydrogen-bond donors (Lipinski definition) is 2. The van der Waals surface area contributed by atoms with Crippen molar-refractivity contribution in [1.29, 1.82) is 0 Å². The second-order valence-corrected chi connectivity index (χ2v) is 6.36. The lowest BCUT2D eigenvalue weighted by Gasteiger charge is -2.35. The number of methoxy groups -OCH3 is 1. The first kappa shape index (κ1) is 18.7. The molecule has 0 radical (unpaired) electrons. The summed E-state index contributed by atoms with van der Waals surface area (Å²) in [4.78, 5) is 26.5. The summed E-state index contributed by atoms with van der Waals surface area (Å²) in [5, 5.41) is 5.53. The van der Waals surface area contributed by atoms with Gasteiger partial charge < -0.3 is 20.3 Å². The first-order valence-corrected chi connectivity index (χ1v) is 8.71. The van der Waals surface area contributed by atoms with E-state index in [0.717, 1.165) is 16.9 Å². The van der Waals surface area contributed by atoms with E-state index in [1.54, 1.807) is 19.2 Å². The van der Waals surface area contributed by atoms with Crippen molar-refractivity contribution in [2.24, 2.45) is 0 Å². The molecule has 1 heterocycles. The second-order valence-electron chi connectivity index (χ2n) is 6.36. The average Bonchev–Trinajstić information content (AvgIpc) is 2.67. The van der Waals surface area contributed by atoms with Crippen LogP contribution in [-0.2, 0) is 11.3 Å². The SMILES string of the molecule is COc1ccc(CNC(=O)N2CCNC(=O)C2c2ccccc2F)c(C)c1. The van der Waals surface area contributed by atoms with Crippen LogP contribution in [-0.4, -0.2) is 37.0 Å². The molecule has 142 valence electrons. The normalized spacial score (nSPS) is 16.6. The quantitative estimate of drug-likeness (QED) is 0.868. The van der Waals surface area contributed by atoms with Crippen molar-refractivity contribution >= 4 is 11.9 Å². The van der Waals surface area contributed by atoms with Crippen LogP contribution in [0.25, 0.3) is 0 Å². The van der Waals surface area contributed by atoms with Crippen LogP contribution in [0.2, 0.25) is 0 Å². The molecule has 1 saturated heterocycles. The lowest BCUT2D eigenvalue weighted by Crippen LogP contribution is -2.54. The van der Waals surface area contributed by atoms with E-state index in [1.807, 2.05) is 25.1 Å². The molecular weight excluding hydrogens is 349 g/mol. The van der Waals surface area contributed by atoms with Crippen LogP contribution in [0, 0.1) is 12.7 Å². The number of nitrogens with one attached hydrogen (secondary N) is 2. The molecule has 3 amide bonds. The van der Waals surface area contributed by atoms with Crippen molar-refractivity contribution in [3.63, 3.8) is 0 Å². The van der Waals surface area contributed by atoms with E-state index in [1.165, 1.54) is 17.0 Å². The number of urea groups is 1. The summed E-state index contributed by atoms with van der Waals surface area (Å²) in [6.45, 7) is 2.87. The van der Waals surface area contributed by atoms with Gasteiger partial charge >= 0.3 is 6.03 Å². The molecule has 6 nitrogen and oxygen atoms in total. The third-order valence-electron chi connectivity index (χ3n) is 4.65. The molecule has 1 unspecified atom stereocenters. The van der Waals surface area contributed by atoms with Gasteiger partial charge in [-0.15, -0.1) is 0 Å². The van der Waals surface area contributed by atoms with Crippen molar-refractivity contribution in [1.82, 2.24) is 15.5 Å². The number of carbonyl (C=O) groups is 2. The van der Waals surface area contributed by atoms with Gasteiger partial charge in [0.15, 0.2) is 0 Å². The smallest absolute Gasteiger partial charge is 0.318 e. The predicted octanol–water partition coefficient (Wildman–Crippen LogP) is 2.53. The molecule has 2 N–H and O–H groups in total. The number of hydrogen-bond acceptors (Lipinski definition) is 3. The highest BCUT2D eigenvalue weighted by molar-refractivity contribution is 5.89. The molecular formula is C20H22FN3O3. The van der Waals surface area contributed by atoms with Crippen molar-refractivity contribution in [3.8, 4) is 5.75 Å². The van der Waals surface area contributed by atoms with Gasteiger partial charge in [0.1, 0.15) is 17.6 Å². The highest BCUT2D eigenvalue weighted by Gasteiger charge is 2.35. The number of benzene rings is 2. The van der Waals surface area contributed by atoms with Crippen LogP contribution in [0.4, 0.5) is 9.18 Å². The third kappa shape index (κ3) is 4.02. The van der Waals surface area contributed by atoms with Gasteiger partial charge in [0, 0.05) is 25.2 Å². The highest BCUT2D eigenvalue weighted by Crippen LogP contribution is 2.26. The summed E-state index contributed by atoms with van der Waals surface area (Å²) >= 11 is 0. The Balaban J connectivity index is 1.76. The summed E-state index contributed by atoms with van der Waals surface area (Å²) in [5.74, 6) is -0.152. The molecule has 27 heavy (non-hydrogen) atoms. The fourth-order valence-electron chi connectivity index (χ4n) is 3.16. The number of amides is 3. The van der Waals surface area contributed by atoms with Crippen LogP contribution in [0.15, 0.2) is 42.5 Å². The Kier molecular flexibility index (Phi) is 5.59. The van der Waals surface area contributed by atoms with Gasteiger partial charge in [-0.2, -0.15) is 0 Å². The van der Waals surface area contributed by atoms with E-state index in [0.29, 0.717) is 19.6 Å². The summed E-state index contributed by atoms with van der Waals surface area (Å²) in [5.41, 5.74) is 2.11. The molecule has 0 saturated carbocycles. The summed E-state index contributed by atoms with van der Waals surface area (Å²) in [7, 11) is 1.60. The molecule has 2 aromatic carbocycles. The topological polar surface area (TPSA) is 70.7 Å². The van der Waals surface area contributed by atoms with Gasteiger partial charge in [-0.1, -0.05) is 24.3 Å². The Bertz CT molecular complexity index is 856. The van der Waals surface area contributed by atoms with Crippen LogP contribution >= 0.6 is 0 Å². The van der Waals surface area contributed by atoms with E-state index in [-0.39, 0.29) is 11.5 Å². The number of nitrogens with zero attached hydrogens (tertiary/aromatic N) is 1. The van der Waals surface area contributed by atoms with E-state index in [4.69, 9.17) is 4.74 Å². The monoisotopic (exact) mass is 371 g/mol. The molecule has 0 spiro atoms. The minimum atomic E-state index is -0.989. The van der Waals surface area contributed by atoms with Gasteiger partial charge in [0.2, 0.25) is 5.91 Å². The molecule has 0 bridgehead atoms. The van der Waals surface area contributed by atoms with Crippen molar-refractivity contribution in [2.75, 3.05) is 20.2 Å². The fraction of sp³-hybridized carbons (Fsp3) is 0.300. The molecule has 0 aromatic heterocycles. The Labute approximate surface area is 157 Å². The molecule has 1 atom stereocenters. The van der Waals surface area contributed by atoms with E-state index in [9.17, 15) is 14.0 Å². The Morgan fingerprint density at radius 2 is 2.11 bits per heavy atom. The van der Waals surface area contributed by atoms with Crippen LogP contribution in [0.1, 0.15) is 22.7 Å². The maximum atomic E-state index is 14.2. The first-order valence-electron chi connectivity index (χ1n) is 8.71. The second kappa shape index (κ2) is 8.07. The van der Waals surface area contributed by atoms with E-state index >= 15 is 0 Å². The van der Waals surface area contributed by atoms with Gasteiger partial charge in [-0.25, -0.2) is 9.18 Å². The zero-order valence-corrected chi connectivity index (χ0v) is 15.3. The highest BCUT2D eigenvalue weighted by atomic mass is 19.1. The number of halogens is 1. The lowest BCUT2D eigenvalue weighted by atomic mass is 10.0. The predicted molar refractivity (Wildman–Crippen MR) is 98.8 cm³/mol. The van der Waals surface area contributed by atoms with Gasteiger partial charge in [0.05, 0.1) is 7.11 Å². The van der Waals surface area contributed by atoms with Gasteiger partial charge in [-0.05, 0) is 36.2 Å². The number of aryl methyl sites for hydroxylation is 1. The number of piperazine rings is 1. The molecule has 1 aliphatic rings. The van der Waals surface area contributed by atoms with Crippen LogP contribution in [0.5, 0.6) is 5.75 Å². The molecule has 7 heteroatoms. The Hall–Kier alpha value is -3.09. The zero-order valence-electron chi connectivity index (χ0n) is 15.3. The number of carbonyl (C=O) groups excluding carboxylic acids is 2. The summed E-state index contributed by atoms with van der Waals surface area (Å²) in [6.07, 6.45) is 0. The van der Waals surface area contributed by atoms with Crippen molar-refractivity contribution in [3.05, 3.63) is 65.0 Å². The van der Waals surface area contributed by atoms with Gasteiger partial charge in [0.25, 0.3) is 0 Å². The maximum absolute atomic E-state index is 14.2. The van der Waals surface area contributed by atoms with Crippen molar-refractivity contribution < 1.29 is 18.7 Å². The Morgan fingerprint density at radius 3 is 2.81 bits per heavy atom. The molecule has 1 fully saturated rings. The Morgan fingerprint density at radius 1 is 1.33 bits per heavy atom. The van der Waals surface area contributed by atoms with E-state index < -0.39 is 17.9 Å². The minimum Gasteiger partial charge on any atom is -0.497 e. The largest absolute Gasteiger partial charge is 0.497 e. The van der Waals surface area contributed by atoms with Crippen molar-refractivity contribution in [2.45, 2.75) is 19.5 Å². The molecule has 1 aliphatic heterocycles. The number of ether oxygens (including phenoxy) is 1. The lowest BCUT2D eigenvalue weighted by molar-refractivity contribution is -0.127. The number of rotatable bonds is 4. The first-order chi connectivity index (χ1) is 13.0. The minimum absolute atomic E-state index is 0.186. The van der Waals surface area contributed by atoms with E-state index in [2.05, 4.69) is 10.6 Å². The van der Waals surface area contributed by atoms with Crippen LogP contribution in [0.3, 0.4) is 0 Å². The summed E-state index contributed by atoms with van der Waals surface area (Å²) in [6, 6.07) is 10.2. The molecule has 2 aromatic rings. The maximum Gasteiger partial charge on any atom is 0.318 e. The fourth-order valence-corrected chi connectivity index (χ4v) is 3.16. The van der Waals surface area contributed by atoms with Crippen LogP contribution < -0.4 is 15.4 Å². The standard InChI is InChI=1S/C20H22FN3O3/c1-13-11-15(27-2)8-7-14(13)12-23-20(26)24-10-9-22-19(25)18(24)16-5-3-4-6-17(16)21/h3-8,11,18H,9-10,12H2,1-2H3,(H,22,25)(H,23,26).